The lowest BCUT2D eigenvalue weighted by molar-refractivity contribution is 0.412. The Labute approximate surface area is 92.1 Å². The van der Waals surface area contributed by atoms with Crippen LogP contribution in [0.4, 0.5) is 0 Å². The zero-order chi connectivity index (χ0) is 9.97. The molecule has 1 aliphatic heterocycles. The summed E-state index contributed by atoms with van der Waals surface area (Å²) >= 11 is 3.47. The second-order valence-electron chi connectivity index (χ2n) is 3.30. The fourth-order valence-corrected chi connectivity index (χ4v) is 1.94. The van der Waals surface area contributed by atoms with Crippen molar-refractivity contribution < 1.29 is 4.74 Å². The van der Waals surface area contributed by atoms with E-state index in [1.54, 1.807) is 7.11 Å². The predicted octanol–water partition coefficient (Wildman–Crippen LogP) is 2.44. The van der Waals surface area contributed by atoms with Crippen molar-refractivity contribution in [2.45, 2.75) is 0 Å². The molecule has 14 heavy (non-hydrogen) atoms. The normalized spacial score (nSPS) is 14.9. The molecule has 0 atom stereocenters. The highest BCUT2D eigenvalue weighted by molar-refractivity contribution is 9.10. The van der Waals surface area contributed by atoms with Crippen LogP contribution in [0.15, 0.2) is 28.2 Å². The molecule has 1 aromatic rings. The summed E-state index contributed by atoms with van der Waals surface area (Å²) in [5, 5.41) is 3.21. The number of methoxy groups -OCH3 is 1. The monoisotopic (exact) mass is 253 g/mol. The minimum atomic E-state index is 0.874. The van der Waals surface area contributed by atoms with Gasteiger partial charge in [-0.25, -0.2) is 0 Å². The van der Waals surface area contributed by atoms with Crippen molar-refractivity contribution in [2.24, 2.45) is 0 Å². The molecule has 2 nitrogen and oxygen atoms in total. The molecule has 0 unspecified atom stereocenters. The molecule has 3 heteroatoms. The fourth-order valence-electron chi connectivity index (χ4n) is 1.38. The second-order valence-corrected chi connectivity index (χ2v) is 4.15. The SMILES string of the molecule is COc1ccc(C=C2CNC2)cc1Br. The van der Waals surface area contributed by atoms with Crippen LogP contribution >= 0.6 is 15.9 Å². The van der Waals surface area contributed by atoms with E-state index in [9.17, 15) is 0 Å². The van der Waals surface area contributed by atoms with Crippen LogP contribution in [0, 0.1) is 0 Å². The van der Waals surface area contributed by atoms with E-state index in [2.05, 4.69) is 39.5 Å². The van der Waals surface area contributed by atoms with Crippen molar-refractivity contribution in [3.63, 3.8) is 0 Å². The van der Waals surface area contributed by atoms with Gasteiger partial charge in [0, 0.05) is 13.1 Å². The van der Waals surface area contributed by atoms with Crippen LogP contribution in [0.2, 0.25) is 0 Å². The number of nitrogens with one attached hydrogen (secondary N) is 1. The van der Waals surface area contributed by atoms with Crippen LogP contribution in [0.1, 0.15) is 5.56 Å². The highest BCUT2D eigenvalue weighted by atomic mass is 79.9. The van der Waals surface area contributed by atoms with Gasteiger partial charge in [-0.05, 0) is 39.2 Å². The Morgan fingerprint density at radius 2 is 2.21 bits per heavy atom. The first-order chi connectivity index (χ1) is 6.79. The summed E-state index contributed by atoms with van der Waals surface area (Å²) < 4.78 is 6.17. The number of rotatable bonds is 2. The van der Waals surface area contributed by atoms with E-state index in [1.165, 1.54) is 11.1 Å². The molecule has 0 amide bonds. The molecular weight excluding hydrogens is 242 g/mol. The first-order valence-corrected chi connectivity index (χ1v) is 5.32. The van der Waals surface area contributed by atoms with Gasteiger partial charge < -0.3 is 10.1 Å². The minimum absolute atomic E-state index is 0.874. The highest BCUT2D eigenvalue weighted by Gasteiger charge is 2.07. The van der Waals surface area contributed by atoms with Crippen LogP contribution in [-0.2, 0) is 0 Å². The van der Waals surface area contributed by atoms with Crippen molar-refractivity contribution in [1.29, 1.82) is 0 Å². The number of hydrogen-bond donors (Lipinski definition) is 1. The van der Waals surface area contributed by atoms with Crippen molar-refractivity contribution in [2.75, 3.05) is 20.2 Å². The van der Waals surface area contributed by atoms with Crippen LogP contribution < -0.4 is 10.1 Å². The minimum Gasteiger partial charge on any atom is -0.496 e. The Morgan fingerprint density at radius 1 is 1.43 bits per heavy atom. The Kier molecular flexibility index (Phi) is 2.89. The van der Waals surface area contributed by atoms with E-state index in [1.807, 2.05) is 6.07 Å². The Morgan fingerprint density at radius 3 is 2.71 bits per heavy atom. The molecule has 1 aromatic carbocycles. The van der Waals surface area contributed by atoms with Crippen LogP contribution in [0.25, 0.3) is 6.08 Å². The standard InChI is InChI=1S/C11H12BrNO/c1-14-11-3-2-8(5-10(11)12)4-9-6-13-7-9/h2-5,13H,6-7H2,1H3. The van der Waals surface area contributed by atoms with Gasteiger partial charge in [-0.1, -0.05) is 12.1 Å². The van der Waals surface area contributed by atoms with Gasteiger partial charge in [0.15, 0.2) is 0 Å². The van der Waals surface area contributed by atoms with E-state index in [4.69, 9.17) is 4.74 Å². The molecule has 0 aliphatic carbocycles. The third-order valence-electron chi connectivity index (χ3n) is 2.25. The topological polar surface area (TPSA) is 21.3 Å². The van der Waals surface area contributed by atoms with E-state index in [0.29, 0.717) is 0 Å². The molecule has 2 rings (SSSR count). The lowest BCUT2D eigenvalue weighted by atomic mass is 10.1. The van der Waals surface area contributed by atoms with Gasteiger partial charge in [0.1, 0.15) is 5.75 Å². The maximum Gasteiger partial charge on any atom is 0.133 e. The van der Waals surface area contributed by atoms with Gasteiger partial charge in [-0.3, -0.25) is 0 Å². The highest BCUT2D eigenvalue weighted by Crippen LogP contribution is 2.26. The Balaban J connectivity index is 2.23. The average Bonchev–Trinajstić information content (AvgIpc) is 2.12. The quantitative estimate of drug-likeness (QED) is 0.875. The fraction of sp³-hybridized carbons (Fsp3) is 0.273. The molecule has 1 saturated heterocycles. The molecule has 1 heterocycles. The van der Waals surface area contributed by atoms with Gasteiger partial charge in [0.05, 0.1) is 11.6 Å². The summed E-state index contributed by atoms with van der Waals surface area (Å²) in [5.74, 6) is 0.874. The number of benzene rings is 1. The Hall–Kier alpha value is -0.800. The first kappa shape index (κ1) is 9.74. The molecule has 0 saturated carbocycles. The molecule has 1 aliphatic rings. The van der Waals surface area contributed by atoms with Crippen LogP contribution in [0.3, 0.4) is 0 Å². The molecule has 0 radical (unpaired) electrons. The number of ether oxygens (including phenoxy) is 1. The van der Waals surface area contributed by atoms with Gasteiger partial charge in [0.2, 0.25) is 0 Å². The van der Waals surface area contributed by atoms with Crippen molar-refractivity contribution >= 4 is 22.0 Å². The van der Waals surface area contributed by atoms with Gasteiger partial charge in [-0.2, -0.15) is 0 Å². The number of hydrogen-bond acceptors (Lipinski definition) is 2. The van der Waals surface area contributed by atoms with Gasteiger partial charge in [-0.15, -0.1) is 0 Å². The lowest BCUT2D eigenvalue weighted by Gasteiger charge is -2.18. The summed E-state index contributed by atoms with van der Waals surface area (Å²) in [7, 11) is 1.67. The van der Waals surface area contributed by atoms with Gasteiger partial charge in [0.25, 0.3) is 0 Å². The lowest BCUT2D eigenvalue weighted by Crippen LogP contribution is -2.33. The summed E-state index contributed by atoms with van der Waals surface area (Å²) in [6, 6.07) is 6.11. The predicted molar refractivity (Wildman–Crippen MR) is 61.5 cm³/mol. The van der Waals surface area contributed by atoms with E-state index in [-0.39, 0.29) is 0 Å². The Bertz CT molecular complexity index is 368. The molecule has 1 fully saturated rings. The van der Waals surface area contributed by atoms with Crippen molar-refractivity contribution in [3.05, 3.63) is 33.8 Å². The van der Waals surface area contributed by atoms with Crippen molar-refractivity contribution in [3.8, 4) is 5.75 Å². The maximum absolute atomic E-state index is 5.17. The zero-order valence-corrected chi connectivity index (χ0v) is 9.60. The third-order valence-corrected chi connectivity index (χ3v) is 2.87. The van der Waals surface area contributed by atoms with E-state index < -0.39 is 0 Å². The van der Waals surface area contributed by atoms with E-state index >= 15 is 0 Å². The van der Waals surface area contributed by atoms with Gasteiger partial charge >= 0.3 is 0 Å². The second kappa shape index (κ2) is 4.15. The van der Waals surface area contributed by atoms with Crippen molar-refractivity contribution in [1.82, 2.24) is 5.32 Å². The van der Waals surface area contributed by atoms with Crippen LogP contribution in [-0.4, -0.2) is 20.2 Å². The summed E-state index contributed by atoms with van der Waals surface area (Å²) in [6.07, 6.45) is 2.21. The summed E-state index contributed by atoms with van der Waals surface area (Å²) in [6.45, 7) is 2.04. The first-order valence-electron chi connectivity index (χ1n) is 4.53. The molecule has 0 spiro atoms. The third kappa shape index (κ3) is 1.99. The zero-order valence-electron chi connectivity index (χ0n) is 8.01. The summed E-state index contributed by atoms with van der Waals surface area (Å²) in [4.78, 5) is 0. The summed E-state index contributed by atoms with van der Waals surface area (Å²) in [5.41, 5.74) is 2.66. The molecule has 74 valence electrons. The number of halogens is 1. The molecular formula is C11H12BrNO. The van der Waals surface area contributed by atoms with E-state index in [0.717, 1.165) is 23.3 Å². The maximum atomic E-state index is 5.17. The van der Waals surface area contributed by atoms with Crippen LogP contribution in [0.5, 0.6) is 5.75 Å². The molecule has 0 aromatic heterocycles. The smallest absolute Gasteiger partial charge is 0.133 e. The average molecular weight is 254 g/mol. The molecule has 0 bridgehead atoms. The molecule has 1 N–H and O–H groups in total. The largest absolute Gasteiger partial charge is 0.496 e.